The number of methoxy groups -OCH3 is 1. The van der Waals surface area contributed by atoms with E-state index in [4.69, 9.17) is 16.2 Å². The van der Waals surface area contributed by atoms with Crippen molar-refractivity contribution in [2.75, 3.05) is 50.3 Å². The van der Waals surface area contributed by atoms with Crippen molar-refractivity contribution in [2.45, 2.75) is 199 Å². The number of nitrogens with two attached hydrogens (primary N) is 2. The van der Waals surface area contributed by atoms with Crippen molar-refractivity contribution in [3.8, 4) is 11.5 Å². The lowest BCUT2D eigenvalue weighted by molar-refractivity contribution is -0.145. The predicted molar refractivity (Wildman–Crippen MR) is 360 cm³/mol. The number of hydrogen-bond acceptors (Lipinski definition) is 17. The van der Waals surface area contributed by atoms with Crippen molar-refractivity contribution in [1.29, 1.82) is 0 Å². The number of allylic oxidation sites excluding steroid dienone is 5. The summed E-state index contributed by atoms with van der Waals surface area (Å²) in [5.41, 5.74) is 17.1. The van der Waals surface area contributed by atoms with Crippen LogP contribution < -0.4 is 43.4 Å². The molecule has 2 aromatic rings. The first-order valence-electron chi connectivity index (χ1n) is 32.0. The molecule has 510 valence electrons. The molecule has 10 atom stereocenters. The molecule has 2 aliphatic rings. The van der Waals surface area contributed by atoms with Gasteiger partial charge >= 0.3 is 5.97 Å². The first-order valence-corrected chi connectivity index (χ1v) is 34.5. The number of likely N-dealkylation sites (tertiary alicyclic amines) is 2. The van der Waals surface area contributed by atoms with E-state index >= 15 is 0 Å². The topological polar surface area (TPSA) is 354 Å². The van der Waals surface area contributed by atoms with Gasteiger partial charge in [0.1, 0.15) is 59.8 Å². The Hall–Kier alpha value is -6.93. The highest BCUT2D eigenvalue weighted by atomic mass is 32.2. The fourth-order valence-corrected chi connectivity index (χ4v) is 12.3. The number of hydrogen-bond donors (Lipinski definition) is 11. The van der Waals surface area contributed by atoms with Gasteiger partial charge in [-0.3, -0.25) is 38.4 Å². The maximum absolute atomic E-state index is 14.8. The van der Waals surface area contributed by atoms with Crippen LogP contribution in [0.5, 0.6) is 11.5 Å². The number of unbranched alkanes of at least 4 members (excludes halogenated alkanes) is 1. The van der Waals surface area contributed by atoms with E-state index in [1.165, 1.54) is 88.3 Å². The average Bonchev–Trinajstić information content (AvgIpc) is 1.72. The SMILES string of the molecule is COC(=O)[C@H](CSC/C=C(\C)CC/C=C(\C)CCC=C(C)C)NC(=O)[C@H](CCSC)NC(=O)[C@H](Cc1ccc(O)cc1)NC(=O)[C@@H]1CCCN1C(=O)[C@@H](NC(=O)[C@H](CCCCN)NC(=O)[C@@H]1CCCN1C(=O)[C@@H](NC(=O)[C@@H](N)Cc1ccc(O)cc1)[C@@H](C)O)C(C)C. The number of thioether (sulfide) groups is 2. The number of esters is 1. The van der Waals surface area contributed by atoms with Gasteiger partial charge < -0.3 is 73.2 Å². The largest absolute Gasteiger partial charge is 0.508 e. The van der Waals surface area contributed by atoms with E-state index in [-0.39, 0.29) is 68.9 Å². The van der Waals surface area contributed by atoms with Crippen LogP contribution in [0.25, 0.3) is 0 Å². The van der Waals surface area contributed by atoms with Crippen molar-refractivity contribution < 1.29 is 63.2 Å². The molecule has 0 spiro atoms. The number of carbonyl (C=O) groups is 9. The number of phenolic OH excluding ortho intramolecular Hbond substituents is 2. The van der Waals surface area contributed by atoms with Crippen molar-refractivity contribution in [2.24, 2.45) is 17.4 Å². The third-order valence-corrected chi connectivity index (χ3v) is 17.9. The van der Waals surface area contributed by atoms with Crippen molar-refractivity contribution in [3.05, 3.63) is 94.6 Å². The smallest absolute Gasteiger partial charge is 0.329 e. The van der Waals surface area contributed by atoms with Crippen molar-refractivity contribution in [1.82, 2.24) is 41.7 Å². The van der Waals surface area contributed by atoms with Crippen molar-refractivity contribution >= 4 is 76.8 Å². The van der Waals surface area contributed by atoms with Crippen LogP contribution in [0, 0.1) is 5.92 Å². The fraction of sp³-hybridized carbons (Fsp3) is 0.597. The Kier molecular flexibility index (Phi) is 33.9. The second kappa shape index (κ2) is 40.2. The summed E-state index contributed by atoms with van der Waals surface area (Å²) in [6.45, 7) is 13.7. The van der Waals surface area contributed by atoms with Crippen LogP contribution >= 0.6 is 23.5 Å². The maximum atomic E-state index is 14.8. The van der Waals surface area contributed by atoms with Gasteiger partial charge in [-0.1, -0.05) is 73.1 Å². The first-order chi connectivity index (χ1) is 43.8. The quantitative estimate of drug-likeness (QED) is 0.0253. The Morgan fingerprint density at radius 2 is 1.12 bits per heavy atom. The second-order valence-electron chi connectivity index (χ2n) is 24.5. The van der Waals surface area contributed by atoms with Gasteiger partial charge in [-0.2, -0.15) is 23.5 Å². The molecule has 2 aliphatic heterocycles. The highest BCUT2D eigenvalue weighted by Crippen LogP contribution is 2.24. The minimum absolute atomic E-state index is 0.0262. The molecule has 0 aromatic heterocycles. The average molecular weight is 1320 g/mol. The number of ether oxygens (including phenoxy) is 1. The monoisotopic (exact) mass is 1320 g/mol. The summed E-state index contributed by atoms with van der Waals surface area (Å²) in [6, 6.07) is 1.48. The Balaban J connectivity index is 1.48. The Morgan fingerprint density at radius 1 is 0.630 bits per heavy atom. The van der Waals surface area contributed by atoms with Gasteiger partial charge in [-0.25, -0.2) is 4.79 Å². The molecule has 2 saturated heterocycles. The summed E-state index contributed by atoms with van der Waals surface area (Å²) < 4.78 is 5.08. The van der Waals surface area contributed by atoms with Crippen molar-refractivity contribution in [3.63, 3.8) is 0 Å². The minimum Gasteiger partial charge on any atom is -0.508 e. The molecule has 2 heterocycles. The lowest BCUT2D eigenvalue weighted by Crippen LogP contribution is -2.61. The highest BCUT2D eigenvalue weighted by Gasteiger charge is 2.43. The summed E-state index contributed by atoms with van der Waals surface area (Å²) in [7, 11) is 1.24. The van der Waals surface area contributed by atoms with Gasteiger partial charge in [-0.05, 0) is 178 Å². The number of phenols is 2. The molecule has 25 heteroatoms. The molecule has 0 aliphatic carbocycles. The van der Waals surface area contributed by atoms with Gasteiger partial charge in [0.15, 0.2) is 0 Å². The van der Waals surface area contributed by atoms with E-state index in [0.717, 1.165) is 25.7 Å². The Morgan fingerprint density at radius 3 is 1.65 bits per heavy atom. The highest BCUT2D eigenvalue weighted by molar-refractivity contribution is 7.99. The summed E-state index contributed by atoms with van der Waals surface area (Å²) in [6.07, 6.45) is 13.3. The minimum atomic E-state index is -1.47. The van der Waals surface area contributed by atoms with Gasteiger partial charge in [0.25, 0.3) is 0 Å². The second-order valence-corrected chi connectivity index (χ2v) is 26.6. The van der Waals surface area contributed by atoms with E-state index in [9.17, 15) is 58.5 Å². The zero-order valence-corrected chi connectivity index (χ0v) is 56.8. The van der Waals surface area contributed by atoms with E-state index in [0.29, 0.717) is 54.9 Å². The van der Waals surface area contributed by atoms with Crippen LogP contribution in [0.3, 0.4) is 0 Å². The molecule has 0 unspecified atom stereocenters. The van der Waals surface area contributed by atoms with Crippen LogP contribution in [0.15, 0.2) is 83.5 Å². The van der Waals surface area contributed by atoms with E-state index < -0.39 is 120 Å². The molecule has 13 N–H and O–H groups in total. The molecule has 0 radical (unpaired) electrons. The zero-order chi connectivity index (χ0) is 68.0. The molecule has 4 rings (SSSR count). The van der Waals surface area contributed by atoms with E-state index in [1.54, 1.807) is 38.1 Å². The molecular formula is C67H102N10O13S2. The number of aliphatic hydroxyl groups is 1. The molecule has 0 saturated carbocycles. The predicted octanol–water partition coefficient (Wildman–Crippen LogP) is 4.35. The number of nitrogens with one attached hydrogen (secondary N) is 6. The van der Waals surface area contributed by atoms with E-state index in [1.807, 2.05) is 6.26 Å². The number of benzene rings is 2. The maximum Gasteiger partial charge on any atom is 0.329 e. The third kappa shape index (κ3) is 25.9. The Labute approximate surface area is 551 Å². The van der Waals surface area contributed by atoms with Crippen LogP contribution in [-0.2, 0) is 60.7 Å². The summed E-state index contributed by atoms with van der Waals surface area (Å²) in [5.74, 6) is -5.37. The lowest BCUT2D eigenvalue weighted by Gasteiger charge is -2.33. The lowest BCUT2D eigenvalue weighted by atomic mass is 10.00. The summed E-state index contributed by atoms with van der Waals surface area (Å²) >= 11 is 2.90. The van der Waals surface area contributed by atoms with E-state index in [2.05, 4.69) is 77.8 Å². The van der Waals surface area contributed by atoms with Gasteiger partial charge in [0.2, 0.25) is 47.3 Å². The third-order valence-electron chi connectivity index (χ3n) is 16.3. The number of aromatic hydroxyl groups is 2. The van der Waals surface area contributed by atoms with Crippen LogP contribution in [-0.4, -0.2) is 189 Å². The standard InChI is InChI=1S/C67H102N10O13S2/c1-41(2)16-12-17-43(5)18-13-19-44(6)31-37-92-40-54(67(89)90-8)73-60(82)52(32-36-91-9)70-62(84)53(39-47-25-29-49(80)30-26-47)72-64(86)56-22-14-34-76(56)65(87)57(42(3)4)74-61(83)51(20-10-11-33-68)71-63(85)55-21-15-35-77(55)66(88)58(45(7)78)75-59(81)50(69)38-46-23-27-48(79)28-24-46/h16,18,23-31,42,45,50-58,78-80H,10-15,17,19-22,32-40,68-69H2,1-9H3,(H,70,84)(H,71,85)(H,72,86)(H,73,82)(H,74,83)(H,75,81)/b43-18+,44-31+/t45-,50+,51+,52+,53+,54+,55+,56+,57+,58+/m1/s1. The summed E-state index contributed by atoms with van der Waals surface area (Å²) in [5, 5.41) is 47.2. The first kappa shape index (κ1) is 77.5. The molecule has 23 nitrogen and oxygen atoms in total. The molecule has 2 fully saturated rings. The number of nitrogens with zero attached hydrogens (tertiary/aromatic N) is 2. The fourth-order valence-electron chi connectivity index (χ4n) is 10.8. The molecule has 8 amide bonds. The molecule has 92 heavy (non-hydrogen) atoms. The Bertz CT molecular complexity index is 2850. The summed E-state index contributed by atoms with van der Waals surface area (Å²) in [4.78, 5) is 130. The van der Waals surface area contributed by atoms with Crippen LogP contribution in [0.2, 0.25) is 0 Å². The van der Waals surface area contributed by atoms with Gasteiger partial charge in [0, 0.05) is 31.0 Å². The molecule has 2 aromatic carbocycles. The number of rotatable bonds is 38. The van der Waals surface area contributed by atoms with Crippen LogP contribution in [0.4, 0.5) is 0 Å². The molecular weight excluding hydrogens is 1220 g/mol. The number of amides is 8. The zero-order valence-electron chi connectivity index (χ0n) is 55.1. The van der Waals surface area contributed by atoms with Gasteiger partial charge in [-0.15, -0.1) is 0 Å². The number of aliphatic hydroxyl groups excluding tert-OH is 1. The molecule has 0 bridgehead atoms. The van der Waals surface area contributed by atoms with Crippen LogP contribution in [0.1, 0.15) is 137 Å². The number of carbonyl (C=O) groups excluding carboxylic acids is 9. The van der Waals surface area contributed by atoms with Gasteiger partial charge in [0.05, 0.1) is 19.3 Å². The normalized spacial score (nSPS) is 17.7.